The van der Waals surface area contributed by atoms with E-state index in [1.54, 1.807) is 16.8 Å². The molecule has 5 heteroatoms. The Morgan fingerprint density at radius 3 is 2.48 bits per heavy atom. The fourth-order valence-electron chi connectivity index (χ4n) is 3.35. The lowest BCUT2D eigenvalue weighted by molar-refractivity contribution is -0.123. The van der Waals surface area contributed by atoms with E-state index in [4.69, 9.17) is 0 Å². The molecule has 2 amide bonds. The molecule has 2 aliphatic heterocycles. The van der Waals surface area contributed by atoms with Crippen LogP contribution in [0.2, 0.25) is 0 Å². The summed E-state index contributed by atoms with van der Waals surface area (Å²) in [7, 11) is 1.77. The van der Waals surface area contributed by atoms with Crippen LogP contribution in [0.25, 0.3) is 0 Å². The van der Waals surface area contributed by atoms with Crippen LogP contribution in [-0.4, -0.2) is 24.6 Å². The minimum Gasteiger partial charge on any atom is -0.312 e. The molecule has 0 radical (unpaired) electrons. The number of thioether (sulfide) groups is 1. The van der Waals surface area contributed by atoms with E-state index in [1.807, 2.05) is 55.5 Å². The summed E-state index contributed by atoms with van der Waals surface area (Å²) in [6, 6.07) is 15.5. The molecular weight excluding hydrogens is 308 g/mol. The third kappa shape index (κ3) is 1.80. The van der Waals surface area contributed by atoms with Gasteiger partial charge in [0.1, 0.15) is 0 Å². The molecule has 2 aliphatic rings. The number of carbonyl (C=O) groups excluding carboxylic acids is 2. The monoisotopic (exact) mass is 324 g/mol. The lowest BCUT2D eigenvalue weighted by atomic mass is 10.0. The number of carbonyl (C=O) groups is 2. The summed E-state index contributed by atoms with van der Waals surface area (Å²) in [4.78, 5) is 28.1. The van der Waals surface area contributed by atoms with E-state index in [9.17, 15) is 9.59 Å². The average molecular weight is 324 g/mol. The van der Waals surface area contributed by atoms with Gasteiger partial charge in [-0.05, 0) is 25.1 Å². The second kappa shape index (κ2) is 4.86. The molecule has 0 bridgehead atoms. The standard InChI is InChI=1S/C18H16N2O2S/c1-12-7-9-13(10-8-12)20-16(21)11-23-18(20)14-5-3-4-6-15(14)19(2)17(18)22/h3-10H,11H2,1-2H3/t18-/m0/s1. The number of benzene rings is 2. The topological polar surface area (TPSA) is 40.6 Å². The zero-order valence-electron chi connectivity index (χ0n) is 12.9. The van der Waals surface area contributed by atoms with E-state index in [2.05, 4.69) is 0 Å². The summed E-state index contributed by atoms with van der Waals surface area (Å²) in [5.41, 5.74) is 3.65. The Morgan fingerprint density at radius 1 is 1.04 bits per heavy atom. The first-order valence-electron chi connectivity index (χ1n) is 7.47. The van der Waals surface area contributed by atoms with E-state index >= 15 is 0 Å². The van der Waals surface area contributed by atoms with Crippen molar-refractivity contribution in [2.75, 3.05) is 22.6 Å². The fraction of sp³-hybridized carbons (Fsp3) is 0.222. The molecule has 1 spiro atoms. The highest BCUT2D eigenvalue weighted by atomic mass is 32.2. The van der Waals surface area contributed by atoms with E-state index in [-0.39, 0.29) is 11.8 Å². The molecule has 0 aromatic heterocycles. The SMILES string of the molecule is Cc1ccc(N2C(=O)CS[C@@]23C(=O)N(C)c2ccccc23)cc1. The highest BCUT2D eigenvalue weighted by molar-refractivity contribution is 8.02. The van der Waals surface area contributed by atoms with Gasteiger partial charge >= 0.3 is 0 Å². The summed E-state index contributed by atoms with van der Waals surface area (Å²) in [6.07, 6.45) is 0. The number of fused-ring (bicyclic) bond motifs is 2. The summed E-state index contributed by atoms with van der Waals surface area (Å²) in [5, 5.41) is 0. The van der Waals surface area contributed by atoms with Crippen LogP contribution in [-0.2, 0) is 14.5 Å². The van der Waals surface area contributed by atoms with Gasteiger partial charge in [0, 0.05) is 18.3 Å². The predicted octanol–water partition coefficient (Wildman–Crippen LogP) is 2.90. The quantitative estimate of drug-likeness (QED) is 0.810. The first-order chi connectivity index (χ1) is 11.1. The lowest BCUT2D eigenvalue weighted by Gasteiger charge is -2.32. The molecule has 1 fully saturated rings. The molecule has 0 aliphatic carbocycles. The molecule has 0 N–H and O–H groups in total. The molecule has 2 aromatic carbocycles. The number of rotatable bonds is 1. The molecule has 4 nitrogen and oxygen atoms in total. The first-order valence-corrected chi connectivity index (χ1v) is 8.45. The number of hydrogen-bond donors (Lipinski definition) is 0. The fourth-order valence-corrected chi connectivity index (χ4v) is 4.74. The molecule has 0 unspecified atom stereocenters. The predicted molar refractivity (Wildman–Crippen MR) is 92.7 cm³/mol. The maximum Gasteiger partial charge on any atom is 0.268 e. The van der Waals surface area contributed by atoms with Gasteiger partial charge in [0.15, 0.2) is 0 Å². The number of hydrogen-bond acceptors (Lipinski definition) is 3. The molecule has 116 valence electrons. The highest BCUT2D eigenvalue weighted by Crippen LogP contribution is 2.55. The maximum atomic E-state index is 13.1. The Balaban J connectivity index is 1.94. The smallest absolute Gasteiger partial charge is 0.268 e. The van der Waals surface area contributed by atoms with Crippen molar-refractivity contribution < 1.29 is 9.59 Å². The minimum atomic E-state index is -0.975. The van der Waals surface area contributed by atoms with Gasteiger partial charge in [-0.15, -0.1) is 11.8 Å². The number of amides is 2. The molecule has 2 heterocycles. The van der Waals surface area contributed by atoms with Crippen LogP contribution in [0.1, 0.15) is 11.1 Å². The molecule has 23 heavy (non-hydrogen) atoms. The summed E-state index contributed by atoms with van der Waals surface area (Å²) < 4.78 is 0. The van der Waals surface area contributed by atoms with E-state index < -0.39 is 4.87 Å². The highest BCUT2D eigenvalue weighted by Gasteiger charge is 2.60. The van der Waals surface area contributed by atoms with Gasteiger partial charge in [0.2, 0.25) is 10.8 Å². The van der Waals surface area contributed by atoms with Gasteiger partial charge in [-0.25, -0.2) is 0 Å². The van der Waals surface area contributed by atoms with Gasteiger partial charge in [-0.1, -0.05) is 35.9 Å². The van der Waals surface area contributed by atoms with E-state index in [0.717, 1.165) is 22.5 Å². The third-order valence-electron chi connectivity index (χ3n) is 4.49. The zero-order chi connectivity index (χ0) is 16.2. The van der Waals surface area contributed by atoms with Gasteiger partial charge < -0.3 is 4.90 Å². The number of aryl methyl sites for hydroxylation is 1. The molecule has 1 saturated heterocycles. The van der Waals surface area contributed by atoms with Crippen molar-refractivity contribution >= 4 is 35.0 Å². The third-order valence-corrected chi connectivity index (χ3v) is 5.87. The van der Waals surface area contributed by atoms with Crippen LogP contribution < -0.4 is 9.80 Å². The lowest BCUT2D eigenvalue weighted by Crippen LogP contribution is -2.49. The summed E-state index contributed by atoms with van der Waals surface area (Å²) >= 11 is 1.41. The van der Waals surface area contributed by atoms with Crippen LogP contribution >= 0.6 is 11.8 Å². The van der Waals surface area contributed by atoms with Crippen LogP contribution in [0.15, 0.2) is 48.5 Å². The molecule has 2 aromatic rings. The number of anilines is 2. The normalized spacial score (nSPS) is 23.0. The average Bonchev–Trinajstić information content (AvgIpc) is 3.01. The number of para-hydroxylation sites is 1. The largest absolute Gasteiger partial charge is 0.312 e. The molecule has 4 rings (SSSR count). The molecule has 1 atom stereocenters. The van der Waals surface area contributed by atoms with Crippen molar-refractivity contribution in [2.45, 2.75) is 11.8 Å². The van der Waals surface area contributed by atoms with Gasteiger partial charge in [-0.2, -0.15) is 0 Å². The van der Waals surface area contributed by atoms with Crippen molar-refractivity contribution in [2.24, 2.45) is 0 Å². The van der Waals surface area contributed by atoms with Crippen molar-refractivity contribution in [1.82, 2.24) is 0 Å². The Labute approximate surface area is 139 Å². The van der Waals surface area contributed by atoms with Crippen LogP contribution in [0.5, 0.6) is 0 Å². The molecule has 0 saturated carbocycles. The van der Waals surface area contributed by atoms with E-state index in [0.29, 0.717) is 5.75 Å². The van der Waals surface area contributed by atoms with Crippen LogP contribution in [0, 0.1) is 6.92 Å². The maximum absolute atomic E-state index is 13.1. The van der Waals surface area contributed by atoms with Crippen LogP contribution in [0.3, 0.4) is 0 Å². The Morgan fingerprint density at radius 2 is 1.74 bits per heavy atom. The van der Waals surface area contributed by atoms with Gasteiger partial charge in [0.05, 0.1) is 11.4 Å². The summed E-state index contributed by atoms with van der Waals surface area (Å²) in [6.45, 7) is 2.00. The second-order valence-corrected chi connectivity index (χ2v) is 7.05. The Bertz CT molecular complexity index is 818. The van der Waals surface area contributed by atoms with Crippen molar-refractivity contribution in [1.29, 1.82) is 0 Å². The Hall–Kier alpha value is -2.27. The van der Waals surface area contributed by atoms with Crippen molar-refractivity contribution in [3.8, 4) is 0 Å². The first kappa shape index (κ1) is 14.3. The second-order valence-electron chi connectivity index (χ2n) is 5.88. The van der Waals surface area contributed by atoms with Crippen molar-refractivity contribution in [3.05, 3.63) is 59.7 Å². The Kier molecular flexibility index (Phi) is 3.03. The molecular formula is C18H16N2O2S. The van der Waals surface area contributed by atoms with Crippen molar-refractivity contribution in [3.63, 3.8) is 0 Å². The minimum absolute atomic E-state index is 0.0303. The number of nitrogens with zero attached hydrogens (tertiary/aromatic N) is 2. The zero-order valence-corrected chi connectivity index (χ0v) is 13.8. The van der Waals surface area contributed by atoms with Gasteiger partial charge in [0.25, 0.3) is 5.91 Å². The van der Waals surface area contributed by atoms with Gasteiger partial charge in [-0.3, -0.25) is 14.5 Å². The van der Waals surface area contributed by atoms with Crippen LogP contribution in [0.4, 0.5) is 11.4 Å². The van der Waals surface area contributed by atoms with E-state index in [1.165, 1.54) is 11.8 Å². The number of likely N-dealkylation sites (N-methyl/N-ethyl adjacent to an activating group) is 1. The summed E-state index contributed by atoms with van der Waals surface area (Å²) in [5.74, 6) is 0.217.